The maximum atomic E-state index is 13.5. The third kappa shape index (κ3) is 4.12. The van der Waals surface area contributed by atoms with Crippen molar-refractivity contribution in [2.24, 2.45) is 5.92 Å². The van der Waals surface area contributed by atoms with Gasteiger partial charge in [-0.25, -0.2) is 4.90 Å². The van der Waals surface area contributed by atoms with Crippen LogP contribution in [0.4, 0.5) is 5.69 Å². The number of carbonyl (C=O) groups excluding carboxylic acids is 3. The number of nitrogens with zero attached hydrogens (tertiary/aromatic N) is 2. The Morgan fingerprint density at radius 1 is 0.967 bits per heavy atom. The smallest absolute Gasteiger partial charge is 0.257 e. The molecule has 2 fully saturated rings. The molecule has 1 atom stereocenters. The first kappa shape index (κ1) is 20.6. The lowest BCUT2D eigenvalue weighted by Gasteiger charge is -2.33. The van der Waals surface area contributed by atoms with Gasteiger partial charge in [0, 0.05) is 17.5 Å². The van der Waals surface area contributed by atoms with E-state index in [9.17, 15) is 14.4 Å². The summed E-state index contributed by atoms with van der Waals surface area (Å²) in [7, 11) is 0. The number of benzene rings is 2. The Kier molecular flexibility index (Phi) is 6.18. The molecule has 30 heavy (non-hydrogen) atoms. The summed E-state index contributed by atoms with van der Waals surface area (Å²) < 4.78 is 0. The molecule has 3 amide bonds. The van der Waals surface area contributed by atoms with E-state index in [1.54, 1.807) is 35.2 Å². The third-order valence-electron chi connectivity index (χ3n) is 6.05. The molecule has 0 radical (unpaired) electrons. The van der Waals surface area contributed by atoms with Gasteiger partial charge < -0.3 is 4.90 Å². The molecule has 0 spiro atoms. The standard InChI is InChI=1S/C24H25ClN2O3/c25-20-14-8-7-11-18(20)16-26(23(29)17-9-3-1-4-10-17)21-15-22(28)27(24(21)30)19-12-5-2-6-13-19/h2,5-8,11-14,17,21H,1,3-4,9-10,15-16H2. The van der Waals surface area contributed by atoms with Crippen molar-refractivity contribution in [3.8, 4) is 0 Å². The highest BCUT2D eigenvalue weighted by Crippen LogP contribution is 2.32. The minimum Gasteiger partial charge on any atom is -0.325 e. The number of para-hydroxylation sites is 1. The molecule has 0 aromatic heterocycles. The van der Waals surface area contributed by atoms with E-state index in [0.29, 0.717) is 10.7 Å². The Labute approximate surface area is 181 Å². The summed E-state index contributed by atoms with van der Waals surface area (Å²) in [5, 5.41) is 0.552. The Morgan fingerprint density at radius 3 is 2.33 bits per heavy atom. The zero-order chi connectivity index (χ0) is 21.1. The number of anilines is 1. The molecular formula is C24H25ClN2O3. The summed E-state index contributed by atoms with van der Waals surface area (Å²) in [5.74, 6) is -0.773. The van der Waals surface area contributed by atoms with E-state index in [-0.39, 0.29) is 36.6 Å². The molecule has 6 heteroatoms. The summed E-state index contributed by atoms with van der Waals surface area (Å²) >= 11 is 6.35. The van der Waals surface area contributed by atoms with Gasteiger partial charge in [-0.2, -0.15) is 0 Å². The highest BCUT2D eigenvalue weighted by Gasteiger charge is 2.45. The van der Waals surface area contributed by atoms with Crippen LogP contribution in [-0.2, 0) is 20.9 Å². The van der Waals surface area contributed by atoms with Crippen LogP contribution in [0.5, 0.6) is 0 Å². The molecule has 1 saturated heterocycles. The minimum absolute atomic E-state index is 0.00333. The number of carbonyl (C=O) groups is 3. The number of rotatable bonds is 5. The Hall–Kier alpha value is -2.66. The Morgan fingerprint density at radius 2 is 1.63 bits per heavy atom. The number of hydrogen-bond acceptors (Lipinski definition) is 3. The van der Waals surface area contributed by atoms with Crippen LogP contribution < -0.4 is 4.90 Å². The van der Waals surface area contributed by atoms with E-state index < -0.39 is 6.04 Å². The first-order valence-electron chi connectivity index (χ1n) is 10.5. The van der Waals surface area contributed by atoms with Gasteiger partial charge in [-0.15, -0.1) is 0 Å². The van der Waals surface area contributed by atoms with Crippen molar-refractivity contribution in [3.63, 3.8) is 0 Å². The SMILES string of the molecule is O=C1CC(N(Cc2ccccc2Cl)C(=O)C2CCCCC2)C(=O)N1c1ccccc1. The number of halogens is 1. The molecule has 1 saturated carbocycles. The van der Waals surface area contributed by atoms with E-state index in [1.807, 2.05) is 24.3 Å². The van der Waals surface area contributed by atoms with Crippen molar-refractivity contribution in [3.05, 3.63) is 65.2 Å². The van der Waals surface area contributed by atoms with E-state index in [1.165, 1.54) is 4.90 Å². The maximum absolute atomic E-state index is 13.5. The Balaban J connectivity index is 1.65. The number of imide groups is 1. The van der Waals surface area contributed by atoms with Crippen molar-refractivity contribution in [2.75, 3.05) is 4.90 Å². The van der Waals surface area contributed by atoms with Crippen molar-refractivity contribution in [1.29, 1.82) is 0 Å². The zero-order valence-electron chi connectivity index (χ0n) is 16.8. The van der Waals surface area contributed by atoms with Gasteiger partial charge in [-0.3, -0.25) is 14.4 Å². The highest BCUT2D eigenvalue weighted by atomic mass is 35.5. The second kappa shape index (κ2) is 9.00. The lowest BCUT2D eigenvalue weighted by atomic mass is 9.87. The van der Waals surface area contributed by atoms with Gasteiger partial charge >= 0.3 is 0 Å². The molecule has 1 unspecified atom stereocenters. The topological polar surface area (TPSA) is 57.7 Å². The Bertz CT molecular complexity index is 940. The predicted molar refractivity (Wildman–Crippen MR) is 116 cm³/mol. The van der Waals surface area contributed by atoms with Crippen molar-refractivity contribution >= 4 is 35.0 Å². The van der Waals surface area contributed by atoms with Crippen LogP contribution in [0.1, 0.15) is 44.1 Å². The first-order valence-corrected chi connectivity index (χ1v) is 10.9. The van der Waals surface area contributed by atoms with Crippen LogP contribution in [0.3, 0.4) is 0 Å². The van der Waals surface area contributed by atoms with Gasteiger partial charge in [0.1, 0.15) is 6.04 Å². The largest absolute Gasteiger partial charge is 0.325 e. The van der Waals surface area contributed by atoms with Crippen LogP contribution in [-0.4, -0.2) is 28.7 Å². The molecule has 0 N–H and O–H groups in total. The summed E-state index contributed by atoms with van der Waals surface area (Å²) in [6.45, 7) is 0.224. The molecular weight excluding hydrogens is 400 g/mol. The average molecular weight is 425 g/mol. The van der Waals surface area contributed by atoms with Crippen LogP contribution in [0.15, 0.2) is 54.6 Å². The van der Waals surface area contributed by atoms with Gasteiger partial charge in [0.15, 0.2) is 0 Å². The molecule has 0 bridgehead atoms. The monoisotopic (exact) mass is 424 g/mol. The van der Waals surface area contributed by atoms with Crippen molar-refractivity contribution in [2.45, 2.75) is 51.1 Å². The summed E-state index contributed by atoms with van der Waals surface area (Å²) in [5.41, 5.74) is 1.32. The van der Waals surface area contributed by atoms with E-state index >= 15 is 0 Å². The van der Waals surface area contributed by atoms with Crippen molar-refractivity contribution in [1.82, 2.24) is 4.90 Å². The van der Waals surface area contributed by atoms with Crippen LogP contribution in [0.25, 0.3) is 0 Å². The molecule has 1 aliphatic heterocycles. The maximum Gasteiger partial charge on any atom is 0.257 e. The van der Waals surface area contributed by atoms with E-state index in [4.69, 9.17) is 11.6 Å². The van der Waals surface area contributed by atoms with Gasteiger partial charge in [-0.1, -0.05) is 67.3 Å². The van der Waals surface area contributed by atoms with Crippen LogP contribution in [0.2, 0.25) is 5.02 Å². The molecule has 1 aliphatic carbocycles. The fraction of sp³-hybridized carbons (Fsp3) is 0.375. The average Bonchev–Trinajstić information content (AvgIpc) is 3.07. The zero-order valence-corrected chi connectivity index (χ0v) is 17.6. The van der Waals surface area contributed by atoms with Crippen molar-refractivity contribution < 1.29 is 14.4 Å². The lowest BCUT2D eigenvalue weighted by molar-refractivity contribution is -0.143. The fourth-order valence-corrected chi connectivity index (χ4v) is 4.64. The fourth-order valence-electron chi connectivity index (χ4n) is 4.44. The highest BCUT2D eigenvalue weighted by molar-refractivity contribution is 6.31. The molecule has 1 heterocycles. The van der Waals surface area contributed by atoms with Crippen LogP contribution in [0, 0.1) is 5.92 Å². The third-order valence-corrected chi connectivity index (χ3v) is 6.42. The second-order valence-electron chi connectivity index (χ2n) is 8.02. The molecule has 2 aromatic carbocycles. The first-order chi connectivity index (χ1) is 14.6. The van der Waals surface area contributed by atoms with E-state index in [0.717, 1.165) is 37.7 Å². The molecule has 5 nitrogen and oxygen atoms in total. The number of amides is 3. The summed E-state index contributed by atoms with van der Waals surface area (Å²) in [6.07, 6.45) is 4.83. The molecule has 156 valence electrons. The van der Waals surface area contributed by atoms with Gasteiger partial charge in [0.2, 0.25) is 11.8 Å². The van der Waals surface area contributed by atoms with Gasteiger partial charge in [0.25, 0.3) is 5.91 Å². The molecule has 2 aromatic rings. The van der Waals surface area contributed by atoms with E-state index in [2.05, 4.69) is 0 Å². The number of hydrogen-bond donors (Lipinski definition) is 0. The minimum atomic E-state index is -0.802. The normalized spacial score (nSPS) is 19.9. The molecule has 4 rings (SSSR count). The van der Waals surface area contributed by atoms with Crippen LogP contribution >= 0.6 is 11.6 Å². The van der Waals surface area contributed by atoms with Gasteiger partial charge in [0.05, 0.1) is 12.1 Å². The van der Waals surface area contributed by atoms with Gasteiger partial charge in [-0.05, 0) is 36.6 Å². The lowest BCUT2D eigenvalue weighted by Crippen LogP contribution is -2.47. The quantitative estimate of drug-likeness (QED) is 0.660. The molecule has 2 aliphatic rings. The summed E-state index contributed by atoms with van der Waals surface area (Å²) in [6, 6.07) is 15.4. The summed E-state index contributed by atoms with van der Waals surface area (Å²) in [4.78, 5) is 42.4. The second-order valence-corrected chi connectivity index (χ2v) is 8.42. The predicted octanol–water partition coefficient (Wildman–Crippen LogP) is 4.58.